The van der Waals surface area contributed by atoms with E-state index in [0.717, 1.165) is 11.1 Å². The van der Waals surface area contributed by atoms with Crippen LogP contribution in [-0.4, -0.2) is 64.4 Å². The summed E-state index contributed by atoms with van der Waals surface area (Å²) >= 11 is 0. The van der Waals surface area contributed by atoms with Gasteiger partial charge >= 0.3 is 6.03 Å². The van der Waals surface area contributed by atoms with Crippen molar-refractivity contribution in [3.05, 3.63) is 59.5 Å². The Labute approximate surface area is 181 Å². The highest BCUT2D eigenvalue weighted by molar-refractivity contribution is 7.89. The molecule has 31 heavy (non-hydrogen) atoms. The summed E-state index contributed by atoms with van der Waals surface area (Å²) in [4.78, 5) is 14.7. The van der Waals surface area contributed by atoms with Crippen LogP contribution in [0.5, 0.6) is 0 Å². The first-order valence-electron chi connectivity index (χ1n) is 10.2. The second-order valence-corrected chi connectivity index (χ2v) is 9.72. The number of aromatic nitrogens is 3. The van der Waals surface area contributed by atoms with Gasteiger partial charge in [0.15, 0.2) is 11.5 Å². The number of hydrogen-bond acceptors (Lipinski definition) is 5. The molecule has 3 heterocycles. The second-order valence-electron chi connectivity index (χ2n) is 7.82. The zero-order chi connectivity index (χ0) is 22.2. The number of nitrogens with one attached hydrogen (secondary N) is 1. The Morgan fingerprint density at radius 1 is 1.06 bits per heavy atom. The number of aryl methyl sites for hydroxylation is 2. The highest BCUT2D eigenvalue weighted by Crippen LogP contribution is 2.22. The lowest BCUT2D eigenvalue weighted by atomic mass is 10.2. The fourth-order valence-corrected chi connectivity index (χ4v) is 5.48. The van der Waals surface area contributed by atoms with Crippen molar-refractivity contribution in [2.24, 2.45) is 0 Å². The quantitative estimate of drug-likeness (QED) is 0.667. The number of piperazine rings is 1. The van der Waals surface area contributed by atoms with Crippen LogP contribution in [0, 0.1) is 13.8 Å². The Hall–Kier alpha value is -2.98. The third kappa shape index (κ3) is 4.13. The molecule has 1 aromatic carbocycles. The van der Waals surface area contributed by atoms with Gasteiger partial charge in [0.05, 0.1) is 10.9 Å². The number of pyridine rings is 1. The standard InChI is InChI=1S/C21H26N6O3S/c1-15-7-8-16(2)18(14-15)31(29,30)26-12-10-25(11-13-26)21(28)22-17(3)20-24-23-19-6-4-5-9-27(19)20/h4-9,14,17H,10-13H2,1-3H3,(H,22,28)/t17-/m1/s1. The van der Waals surface area contributed by atoms with Gasteiger partial charge in [0.2, 0.25) is 10.0 Å². The molecule has 1 atom stereocenters. The summed E-state index contributed by atoms with van der Waals surface area (Å²) in [6, 6.07) is 10.4. The molecule has 0 radical (unpaired) electrons. The van der Waals surface area contributed by atoms with Crippen molar-refractivity contribution in [3.8, 4) is 0 Å². The van der Waals surface area contributed by atoms with Crippen molar-refractivity contribution >= 4 is 21.7 Å². The molecule has 0 saturated carbocycles. The molecule has 2 amide bonds. The number of rotatable bonds is 4. The number of hydrogen-bond donors (Lipinski definition) is 1. The van der Waals surface area contributed by atoms with E-state index in [1.54, 1.807) is 17.9 Å². The first-order valence-corrected chi connectivity index (χ1v) is 11.6. The summed E-state index contributed by atoms with van der Waals surface area (Å²) in [7, 11) is -3.59. The minimum absolute atomic E-state index is 0.246. The molecule has 2 aromatic heterocycles. The Morgan fingerprint density at radius 3 is 2.55 bits per heavy atom. The number of benzene rings is 1. The Balaban J connectivity index is 1.40. The van der Waals surface area contributed by atoms with Crippen molar-refractivity contribution < 1.29 is 13.2 Å². The van der Waals surface area contributed by atoms with Gasteiger partial charge in [-0.1, -0.05) is 18.2 Å². The van der Waals surface area contributed by atoms with Gasteiger partial charge in [0.25, 0.3) is 0 Å². The number of carbonyl (C=O) groups excluding carboxylic acids is 1. The smallest absolute Gasteiger partial charge is 0.318 e. The van der Waals surface area contributed by atoms with E-state index in [9.17, 15) is 13.2 Å². The van der Waals surface area contributed by atoms with Gasteiger partial charge in [0.1, 0.15) is 0 Å². The maximum Gasteiger partial charge on any atom is 0.318 e. The Morgan fingerprint density at radius 2 is 1.81 bits per heavy atom. The van der Waals surface area contributed by atoms with Crippen LogP contribution in [0.1, 0.15) is 29.9 Å². The normalized spacial score (nSPS) is 16.4. The van der Waals surface area contributed by atoms with Gasteiger partial charge in [0, 0.05) is 32.4 Å². The van der Waals surface area contributed by atoms with Crippen molar-refractivity contribution in [1.29, 1.82) is 0 Å². The van der Waals surface area contributed by atoms with E-state index in [-0.39, 0.29) is 25.2 Å². The molecule has 3 aromatic rings. The predicted octanol–water partition coefficient (Wildman–Crippen LogP) is 2.12. The van der Waals surface area contributed by atoms with Crippen molar-refractivity contribution in [2.75, 3.05) is 26.2 Å². The van der Waals surface area contributed by atoms with E-state index in [0.29, 0.717) is 29.5 Å². The monoisotopic (exact) mass is 442 g/mol. The van der Waals surface area contributed by atoms with Crippen LogP contribution in [0.2, 0.25) is 0 Å². The summed E-state index contributed by atoms with van der Waals surface area (Å²) in [5.41, 5.74) is 2.33. The molecular weight excluding hydrogens is 416 g/mol. The maximum atomic E-state index is 13.1. The van der Waals surface area contributed by atoms with Crippen molar-refractivity contribution in [2.45, 2.75) is 31.7 Å². The molecule has 1 fully saturated rings. The van der Waals surface area contributed by atoms with Gasteiger partial charge in [-0.05, 0) is 50.1 Å². The number of carbonyl (C=O) groups is 1. The zero-order valence-corrected chi connectivity index (χ0v) is 18.6. The van der Waals surface area contributed by atoms with Crippen molar-refractivity contribution in [1.82, 2.24) is 29.1 Å². The van der Waals surface area contributed by atoms with E-state index in [4.69, 9.17) is 0 Å². The lowest BCUT2D eigenvalue weighted by Crippen LogP contribution is -2.53. The predicted molar refractivity (Wildman–Crippen MR) is 116 cm³/mol. The summed E-state index contributed by atoms with van der Waals surface area (Å²) in [6.07, 6.45) is 1.85. The Kier molecular flexibility index (Phi) is 5.67. The number of sulfonamides is 1. The van der Waals surface area contributed by atoms with Crippen LogP contribution in [0.3, 0.4) is 0 Å². The van der Waals surface area contributed by atoms with Gasteiger partial charge in [-0.2, -0.15) is 4.31 Å². The van der Waals surface area contributed by atoms with Crippen LogP contribution in [0.15, 0.2) is 47.5 Å². The molecule has 9 nitrogen and oxygen atoms in total. The maximum absolute atomic E-state index is 13.1. The molecule has 164 valence electrons. The molecule has 0 unspecified atom stereocenters. The summed E-state index contributed by atoms with van der Waals surface area (Å²) in [6.45, 7) is 6.68. The van der Waals surface area contributed by atoms with Crippen LogP contribution in [0.25, 0.3) is 5.65 Å². The zero-order valence-electron chi connectivity index (χ0n) is 17.8. The number of amides is 2. The molecule has 10 heteroatoms. The summed E-state index contributed by atoms with van der Waals surface area (Å²) in [5.74, 6) is 0.639. The van der Waals surface area contributed by atoms with E-state index in [2.05, 4.69) is 15.5 Å². The molecule has 0 bridgehead atoms. The average molecular weight is 443 g/mol. The van der Waals surface area contributed by atoms with E-state index >= 15 is 0 Å². The SMILES string of the molecule is Cc1ccc(C)c(S(=O)(=O)N2CCN(C(=O)N[C@H](C)c3nnc4ccccn34)CC2)c1. The number of fused-ring (bicyclic) bond motifs is 1. The summed E-state index contributed by atoms with van der Waals surface area (Å²) < 4.78 is 29.5. The van der Waals surface area contributed by atoms with Crippen molar-refractivity contribution in [3.63, 3.8) is 0 Å². The van der Waals surface area contributed by atoms with Crippen LogP contribution < -0.4 is 5.32 Å². The van der Waals surface area contributed by atoms with Gasteiger partial charge in [-0.15, -0.1) is 10.2 Å². The highest BCUT2D eigenvalue weighted by Gasteiger charge is 2.31. The van der Waals surface area contributed by atoms with Crippen LogP contribution in [-0.2, 0) is 10.0 Å². The number of nitrogens with zero attached hydrogens (tertiary/aromatic N) is 5. The third-order valence-corrected chi connectivity index (χ3v) is 7.60. The lowest BCUT2D eigenvalue weighted by Gasteiger charge is -2.34. The first-order chi connectivity index (χ1) is 14.8. The molecule has 4 rings (SSSR count). The molecule has 1 aliphatic rings. The van der Waals surface area contributed by atoms with Gasteiger partial charge < -0.3 is 10.2 Å². The van der Waals surface area contributed by atoms with E-state index in [1.807, 2.05) is 54.8 Å². The second kappa shape index (κ2) is 8.27. The van der Waals surface area contributed by atoms with E-state index in [1.165, 1.54) is 4.31 Å². The molecule has 0 aliphatic carbocycles. The fraction of sp³-hybridized carbons (Fsp3) is 0.381. The molecule has 1 N–H and O–H groups in total. The Bertz CT molecular complexity index is 1210. The van der Waals surface area contributed by atoms with Crippen LogP contribution >= 0.6 is 0 Å². The lowest BCUT2D eigenvalue weighted by molar-refractivity contribution is 0.169. The molecule has 1 saturated heterocycles. The summed E-state index contributed by atoms with van der Waals surface area (Å²) in [5, 5.41) is 11.2. The average Bonchev–Trinajstić information content (AvgIpc) is 3.19. The minimum atomic E-state index is -3.59. The number of urea groups is 1. The third-order valence-electron chi connectivity index (χ3n) is 5.55. The molecular formula is C21H26N6O3S. The van der Waals surface area contributed by atoms with Gasteiger partial charge in [-0.3, -0.25) is 4.40 Å². The molecule has 0 spiro atoms. The molecule has 1 aliphatic heterocycles. The topological polar surface area (TPSA) is 99.9 Å². The highest BCUT2D eigenvalue weighted by atomic mass is 32.2. The first kappa shape index (κ1) is 21.3. The van der Waals surface area contributed by atoms with Gasteiger partial charge in [-0.25, -0.2) is 13.2 Å². The largest absolute Gasteiger partial charge is 0.328 e. The fourth-order valence-electron chi connectivity index (χ4n) is 3.75. The van der Waals surface area contributed by atoms with E-state index < -0.39 is 10.0 Å². The van der Waals surface area contributed by atoms with Crippen LogP contribution in [0.4, 0.5) is 4.79 Å². The minimum Gasteiger partial charge on any atom is -0.328 e.